The molecule has 0 amide bonds. The van der Waals surface area contributed by atoms with Gasteiger partial charge in [0.15, 0.2) is 0 Å². The molecule has 1 radical (unpaired) electrons. The van der Waals surface area contributed by atoms with E-state index in [1.807, 2.05) is 0 Å². The van der Waals surface area contributed by atoms with Crippen LogP contribution in [-0.4, -0.2) is 7.11 Å². The van der Waals surface area contributed by atoms with Gasteiger partial charge in [-0.2, -0.15) is 0 Å². The van der Waals surface area contributed by atoms with Crippen LogP contribution in [0.25, 0.3) is 0 Å². The van der Waals surface area contributed by atoms with E-state index < -0.39 is 0 Å². The summed E-state index contributed by atoms with van der Waals surface area (Å²) in [6, 6.07) is 5.22. The van der Waals surface area contributed by atoms with Gasteiger partial charge in [0.2, 0.25) is 0 Å². The van der Waals surface area contributed by atoms with Gasteiger partial charge in [0, 0.05) is 22.7 Å². The fraction of sp³-hybridized carbons (Fsp3) is 0.222. The highest BCUT2D eigenvalue weighted by molar-refractivity contribution is 6.33. The Bertz CT molecular complexity index is 273. The van der Waals surface area contributed by atoms with Crippen LogP contribution in [0.3, 0.4) is 0 Å². The lowest BCUT2D eigenvalue weighted by Crippen LogP contribution is -1.96. The first-order valence-corrected chi connectivity index (χ1v) is 4.21. The van der Waals surface area contributed by atoms with E-state index >= 15 is 0 Å². The SMILES string of the molecule is [CH2]C(OC)c1cc(Cl)ccc1Cl. The molecule has 65 valence electrons. The first-order chi connectivity index (χ1) is 5.65. The normalized spacial score (nSPS) is 13.0. The second kappa shape index (κ2) is 4.13. The van der Waals surface area contributed by atoms with Crippen LogP contribution < -0.4 is 0 Å². The van der Waals surface area contributed by atoms with Crippen molar-refractivity contribution in [1.29, 1.82) is 0 Å². The molecule has 1 rings (SSSR count). The predicted molar refractivity (Wildman–Crippen MR) is 51.6 cm³/mol. The van der Waals surface area contributed by atoms with Crippen LogP contribution in [0.4, 0.5) is 0 Å². The molecule has 12 heavy (non-hydrogen) atoms. The number of methoxy groups -OCH3 is 1. The summed E-state index contributed by atoms with van der Waals surface area (Å²) in [6.45, 7) is 3.76. The van der Waals surface area contributed by atoms with Gasteiger partial charge in [0.05, 0.1) is 6.10 Å². The molecule has 0 heterocycles. The second-order valence-corrected chi connectivity index (χ2v) is 3.23. The number of halogens is 2. The molecule has 0 saturated carbocycles. The maximum Gasteiger partial charge on any atom is 0.0837 e. The number of hydrogen-bond donors (Lipinski definition) is 0. The molecule has 0 fully saturated rings. The van der Waals surface area contributed by atoms with Gasteiger partial charge in [-0.25, -0.2) is 0 Å². The standard InChI is InChI=1S/C9H9Cl2O/c1-6(12-2)8-5-7(10)3-4-9(8)11/h3-6H,1H2,2H3. The summed E-state index contributed by atoms with van der Waals surface area (Å²) in [5.41, 5.74) is 0.812. The van der Waals surface area contributed by atoms with Gasteiger partial charge in [-0.1, -0.05) is 23.2 Å². The zero-order valence-electron chi connectivity index (χ0n) is 6.68. The fourth-order valence-electron chi connectivity index (χ4n) is 0.888. The van der Waals surface area contributed by atoms with Crippen molar-refractivity contribution < 1.29 is 4.74 Å². The zero-order chi connectivity index (χ0) is 9.14. The zero-order valence-corrected chi connectivity index (χ0v) is 8.19. The van der Waals surface area contributed by atoms with Crippen molar-refractivity contribution >= 4 is 23.2 Å². The average Bonchev–Trinajstić information content (AvgIpc) is 2.08. The summed E-state index contributed by atoms with van der Waals surface area (Å²) in [7, 11) is 1.58. The van der Waals surface area contributed by atoms with Crippen LogP contribution in [0.2, 0.25) is 10.0 Å². The van der Waals surface area contributed by atoms with Crippen molar-refractivity contribution in [2.24, 2.45) is 0 Å². The van der Waals surface area contributed by atoms with Gasteiger partial charge in [0.1, 0.15) is 0 Å². The third-order valence-electron chi connectivity index (χ3n) is 1.59. The number of ether oxygens (including phenoxy) is 1. The minimum absolute atomic E-state index is 0.267. The number of hydrogen-bond acceptors (Lipinski definition) is 1. The van der Waals surface area contributed by atoms with Crippen molar-refractivity contribution in [2.45, 2.75) is 6.10 Å². The maximum absolute atomic E-state index is 5.89. The topological polar surface area (TPSA) is 9.23 Å². The van der Waals surface area contributed by atoms with Gasteiger partial charge in [0.25, 0.3) is 0 Å². The summed E-state index contributed by atoms with van der Waals surface area (Å²) >= 11 is 11.7. The Kier molecular flexibility index (Phi) is 3.39. The minimum Gasteiger partial charge on any atom is -0.377 e. The Morgan fingerprint density at radius 1 is 1.42 bits per heavy atom. The molecular formula is C9H9Cl2O. The molecule has 1 aromatic rings. The lowest BCUT2D eigenvalue weighted by molar-refractivity contribution is 0.140. The van der Waals surface area contributed by atoms with Crippen molar-refractivity contribution in [3.63, 3.8) is 0 Å². The lowest BCUT2D eigenvalue weighted by atomic mass is 10.1. The van der Waals surface area contributed by atoms with E-state index in [0.717, 1.165) is 5.56 Å². The quantitative estimate of drug-likeness (QED) is 0.716. The maximum atomic E-state index is 5.89. The monoisotopic (exact) mass is 203 g/mol. The van der Waals surface area contributed by atoms with Crippen molar-refractivity contribution in [1.82, 2.24) is 0 Å². The highest BCUT2D eigenvalue weighted by atomic mass is 35.5. The van der Waals surface area contributed by atoms with E-state index in [2.05, 4.69) is 6.92 Å². The third-order valence-corrected chi connectivity index (χ3v) is 2.17. The Hall–Kier alpha value is -0.240. The number of rotatable bonds is 2. The van der Waals surface area contributed by atoms with E-state index in [9.17, 15) is 0 Å². The Balaban J connectivity index is 3.04. The van der Waals surface area contributed by atoms with Crippen LogP contribution in [0.15, 0.2) is 18.2 Å². The summed E-state index contributed by atoms with van der Waals surface area (Å²) in [4.78, 5) is 0. The van der Waals surface area contributed by atoms with E-state index in [1.165, 1.54) is 0 Å². The van der Waals surface area contributed by atoms with Crippen LogP contribution in [0.5, 0.6) is 0 Å². The minimum atomic E-state index is -0.267. The average molecular weight is 204 g/mol. The molecule has 1 unspecified atom stereocenters. The molecule has 1 atom stereocenters. The van der Waals surface area contributed by atoms with E-state index in [4.69, 9.17) is 27.9 Å². The molecule has 0 bridgehead atoms. The molecule has 0 spiro atoms. The molecule has 0 aliphatic heterocycles. The first kappa shape index (κ1) is 9.85. The van der Waals surface area contributed by atoms with E-state index in [-0.39, 0.29) is 6.10 Å². The van der Waals surface area contributed by atoms with Crippen LogP contribution in [0.1, 0.15) is 11.7 Å². The summed E-state index contributed by atoms with van der Waals surface area (Å²) < 4.78 is 5.02. The summed E-state index contributed by atoms with van der Waals surface area (Å²) in [5.74, 6) is 0. The van der Waals surface area contributed by atoms with Crippen molar-refractivity contribution in [3.05, 3.63) is 40.7 Å². The molecule has 0 aliphatic carbocycles. The van der Waals surface area contributed by atoms with Gasteiger partial charge < -0.3 is 4.74 Å². The van der Waals surface area contributed by atoms with E-state index in [1.54, 1.807) is 25.3 Å². The van der Waals surface area contributed by atoms with Crippen molar-refractivity contribution in [3.8, 4) is 0 Å². The summed E-state index contributed by atoms with van der Waals surface area (Å²) in [6.07, 6.45) is -0.267. The van der Waals surface area contributed by atoms with Crippen LogP contribution in [0, 0.1) is 6.92 Å². The molecule has 1 aromatic carbocycles. The van der Waals surface area contributed by atoms with Gasteiger partial charge in [-0.3, -0.25) is 0 Å². The molecule has 0 N–H and O–H groups in total. The molecule has 1 nitrogen and oxygen atoms in total. The second-order valence-electron chi connectivity index (χ2n) is 2.39. The largest absolute Gasteiger partial charge is 0.377 e. The Morgan fingerprint density at radius 2 is 2.08 bits per heavy atom. The molecule has 0 aromatic heterocycles. The first-order valence-electron chi connectivity index (χ1n) is 3.46. The lowest BCUT2D eigenvalue weighted by Gasteiger charge is -2.11. The van der Waals surface area contributed by atoms with Crippen LogP contribution >= 0.6 is 23.2 Å². The molecule has 0 aliphatic rings. The third kappa shape index (κ3) is 2.13. The smallest absolute Gasteiger partial charge is 0.0837 e. The van der Waals surface area contributed by atoms with E-state index in [0.29, 0.717) is 10.0 Å². The highest BCUT2D eigenvalue weighted by Gasteiger charge is 2.08. The highest BCUT2D eigenvalue weighted by Crippen LogP contribution is 2.27. The number of benzene rings is 1. The fourth-order valence-corrected chi connectivity index (χ4v) is 1.31. The molecular weight excluding hydrogens is 195 g/mol. The van der Waals surface area contributed by atoms with Gasteiger partial charge >= 0.3 is 0 Å². The van der Waals surface area contributed by atoms with Crippen molar-refractivity contribution in [2.75, 3.05) is 7.11 Å². The molecule has 0 saturated heterocycles. The molecule has 3 heteroatoms. The van der Waals surface area contributed by atoms with Gasteiger partial charge in [-0.05, 0) is 25.1 Å². The van der Waals surface area contributed by atoms with Crippen LogP contribution in [-0.2, 0) is 4.74 Å². The Morgan fingerprint density at radius 3 is 2.67 bits per heavy atom. The van der Waals surface area contributed by atoms with Gasteiger partial charge in [-0.15, -0.1) is 0 Å². The predicted octanol–water partition coefficient (Wildman–Crippen LogP) is 3.51. The summed E-state index contributed by atoms with van der Waals surface area (Å²) in [5, 5.41) is 1.27. The Labute approximate surface area is 82.2 Å².